The van der Waals surface area contributed by atoms with Crippen LogP contribution in [0.5, 0.6) is 0 Å². The number of rotatable bonds is 16. The second-order valence-electron chi connectivity index (χ2n) is 7.98. The molecular weight excluding hydrogens is 362 g/mol. The lowest BCUT2D eigenvalue weighted by molar-refractivity contribution is -0.162. The van der Waals surface area contributed by atoms with Gasteiger partial charge in [-0.1, -0.05) is 64.2 Å². The summed E-state index contributed by atoms with van der Waals surface area (Å²) in [5.74, 6) is -2.59. The van der Waals surface area contributed by atoms with Gasteiger partial charge in [-0.2, -0.15) is 0 Å². The first-order valence-corrected chi connectivity index (χ1v) is 10.6. The lowest BCUT2D eigenvalue weighted by Gasteiger charge is -2.33. The summed E-state index contributed by atoms with van der Waals surface area (Å²) in [6.07, 6.45) is 12.0. The molecule has 7 nitrogen and oxygen atoms in total. The van der Waals surface area contributed by atoms with Crippen LogP contribution in [0, 0.1) is 0 Å². The molecule has 1 aliphatic heterocycles. The van der Waals surface area contributed by atoms with Crippen molar-refractivity contribution < 1.29 is 29.4 Å². The molecule has 0 aromatic rings. The molecule has 0 aromatic carbocycles. The van der Waals surface area contributed by atoms with E-state index in [2.05, 4.69) is 0 Å². The van der Waals surface area contributed by atoms with Crippen LogP contribution in [0.4, 0.5) is 0 Å². The Labute approximate surface area is 167 Å². The Balaban J connectivity index is 2.09. The molecule has 2 amide bonds. The average molecular weight is 398 g/mol. The highest BCUT2D eigenvalue weighted by Gasteiger charge is 2.47. The normalized spacial score (nSPS) is 16.4. The highest BCUT2D eigenvalue weighted by molar-refractivity contribution is 6.06. The number of carbonyl (C=O) groups excluding carboxylic acids is 2. The number of unbranched alkanes of at least 4 members (excludes halogenated alkanes) is 10. The summed E-state index contributed by atoms with van der Waals surface area (Å²) in [6, 6.07) is 0. The minimum absolute atomic E-state index is 0.112. The van der Waals surface area contributed by atoms with E-state index in [1.807, 2.05) is 0 Å². The molecule has 28 heavy (non-hydrogen) atoms. The van der Waals surface area contributed by atoms with Gasteiger partial charge in [0.15, 0.2) is 0 Å². The number of hydrogen-bond acceptors (Lipinski definition) is 4. The number of carboxylic acid groups (broad SMARTS) is 2. The zero-order chi connectivity index (χ0) is 21.0. The largest absolute Gasteiger partial charge is 0.481 e. The third kappa shape index (κ3) is 7.98. The SMILES string of the molecule is CC(CCCCCCCCCCCCCC(=O)O)(C(=O)O)N1C(=O)CCC1=O. The Hall–Kier alpha value is -1.92. The number of imide groups is 1. The van der Waals surface area contributed by atoms with Gasteiger partial charge in [-0.3, -0.25) is 19.3 Å². The molecule has 1 aliphatic rings. The highest BCUT2D eigenvalue weighted by atomic mass is 16.4. The molecule has 1 rings (SSSR count). The summed E-state index contributed by atoms with van der Waals surface area (Å²) < 4.78 is 0. The van der Waals surface area contributed by atoms with E-state index in [1.165, 1.54) is 19.8 Å². The number of hydrogen-bond donors (Lipinski definition) is 2. The van der Waals surface area contributed by atoms with Crippen LogP contribution in [0.2, 0.25) is 0 Å². The molecule has 0 spiro atoms. The predicted octanol–water partition coefficient (Wildman–Crippen LogP) is 4.13. The number of carboxylic acids is 2. The first kappa shape index (κ1) is 24.1. The second kappa shape index (κ2) is 12.5. The third-order valence-electron chi connectivity index (χ3n) is 5.56. The summed E-state index contributed by atoms with van der Waals surface area (Å²) in [5.41, 5.74) is -1.43. The zero-order valence-corrected chi connectivity index (χ0v) is 17.1. The molecule has 0 saturated carbocycles. The van der Waals surface area contributed by atoms with E-state index in [9.17, 15) is 24.3 Å². The number of aliphatic carboxylic acids is 2. The van der Waals surface area contributed by atoms with Gasteiger partial charge < -0.3 is 10.2 Å². The van der Waals surface area contributed by atoms with Crippen molar-refractivity contribution in [3.63, 3.8) is 0 Å². The van der Waals surface area contributed by atoms with E-state index in [0.29, 0.717) is 12.8 Å². The van der Waals surface area contributed by atoms with Crippen LogP contribution in [0.1, 0.15) is 103 Å². The minimum atomic E-state index is -1.43. The molecule has 1 unspecified atom stereocenters. The van der Waals surface area contributed by atoms with Crippen molar-refractivity contribution in [2.45, 2.75) is 109 Å². The Morgan fingerprint density at radius 2 is 1.18 bits per heavy atom. The van der Waals surface area contributed by atoms with Gasteiger partial charge >= 0.3 is 11.9 Å². The molecular formula is C21H35NO6. The maximum absolute atomic E-state index is 11.9. The molecule has 7 heteroatoms. The van der Waals surface area contributed by atoms with Crippen LogP contribution in [0.3, 0.4) is 0 Å². The van der Waals surface area contributed by atoms with Crippen molar-refractivity contribution in [1.29, 1.82) is 0 Å². The van der Waals surface area contributed by atoms with E-state index in [4.69, 9.17) is 5.11 Å². The van der Waals surface area contributed by atoms with Crippen LogP contribution in [0.15, 0.2) is 0 Å². The smallest absolute Gasteiger partial charge is 0.329 e. The second-order valence-corrected chi connectivity index (χ2v) is 7.98. The molecule has 1 saturated heterocycles. The molecule has 160 valence electrons. The zero-order valence-electron chi connectivity index (χ0n) is 17.1. The van der Waals surface area contributed by atoms with Crippen molar-refractivity contribution >= 4 is 23.8 Å². The Morgan fingerprint density at radius 3 is 1.57 bits per heavy atom. The van der Waals surface area contributed by atoms with E-state index in [0.717, 1.165) is 56.3 Å². The van der Waals surface area contributed by atoms with Crippen molar-refractivity contribution in [1.82, 2.24) is 4.90 Å². The van der Waals surface area contributed by atoms with Gasteiger partial charge in [-0.05, 0) is 19.8 Å². The average Bonchev–Trinajstić information content (AvgIpc) is 2.97. The van der Waals surface area contributed by atoms with Gasteiger partial charge in [-0.25, -0.2) is 4.79 Å². The molecule has 2 N–H and O–H groups in total. The van der Waals surface area contributed by atoms with Crippen LogP contribution in [0.25, 0.3) is 0 Å². The standard InChI is InChI=1S/C21H35NO6/c1-21(20(27)28,22-17(23)14-15-18(22)24)16-12-10-8-6-4-2-3-5-7-9-11-13-19(25)26/h2-16H2,1H3,(H,25,26)(H,27,28). The Morgan fingerprint density at radius 1 is 0.786 bits per heavy atom. The van der Waals surface area contributed by atoms with Gasteiger partial charge in [0.05, 0.1) is 0 Å². The number of amides is 2. The van der Waals surface area contributed by atoms with E-state index < -0.39 is 17.5 Å². The molecule has 1 atom stereocenters. The topological polar surface area (TPSA) is 112 Å². The first-order valence-electron chi connectivity index (χ1n) is 10.6. The fourth-order valence-electron chi connectivity index (χ4n) is 3.78. The fourth-order valence-corrected chi connectivity index (χ4v) is 3.78. The first-order chi connectivity index (χ1) is 13.3. The monoisotopic (exact) mass is 397 g/mol. The molecule has 0 bridgehead atoms. The quantitative estimate of drug-likeness (QED) is 0.299. The Kier molecular flexibility index (Phi) is 10.8. The van der Waals surface area contributed by atoms with Gasteiger partial charge in [0.25, 0.3) is 0 Å². The number of likely N-dealkylation sites (tertiary alicyclic amines) is 1. The summed E-state index contributed by atoms with van der Waals surface area (Å²) in [4.78, 5) is 46.9. The summed E-state index contributed by atoms with van der Waals surface area (Å²) in [5, 5.41) is 18.1. The van der Waals surface area contributed by atoms with Gasteiger partial charge in [0, 0.05) is 19.3 Å². The number of nitrogens with zero attached hydrogens (tertiary/aromatic N) is 1. The highest BCUT2D eigenvalue weighted by Crippen LogP contribution is 2.29. The molecule has 1 heterocycles. The van der Waals surface area contributed by atoms with Crippen LogP contribution >= 0.6 is 0 Å². The lowest BCUT2D eigenvalue weighted by atomic mass is 9.92. The fraction of sp³-hybridized carbons (Fsp3) is 0.810. The molecule has 0 aromatic heterocycles. The van der Waals surface area contributed by atoms with Crippen molar-refractivity contribution in [3.05, 3.63) is 0 Å². The lowest BCUT2D eigenvalue weighted by Crippen LogP contribution is -2.54. The minimum Gasteiger partial charge on any atom is -0.481 e. The van der Waals surface area contributed by atoms with E-state index >= 15 is 0 Å². The Bertz CT molecular complexity index is 531. The maximum atomic E-state index is 11.9. The van der Waals surface area contributed by atoms with Crippen LogP contribution < -0.4 is 0 Å². The van der Waals surface area contributed by atoms with Gasteiger partial charge in [-0.15, -0.1) is 0 Å². The van der Waals surface area contributed by atoms with E-state index in [1.54, 1.807) is 0 Å². The van der Waals surface area contributed by atoms with Crippen molar-refractivity contribution in [2.75, 3.05) is 0 Å². The van der Waals surface area contributed by atoms with Crippen LogP contribution in [-0.2, 0) is 19.2 Å². The molecule has 0 aliphatic carbocycles. The number of carbonyl (C=O) groups is 4. The summed E-state index contributed by atoms with van der Waals surface area (Å²) in [7, 11) is 0. The van der Waals surface area contributed by atoms with Gasteiger partial charge in [0.2, 0.25) is 11.8 Å². The predicted molar refractivity (Wildman–Crippen MR) is 105 cm³/mol. The van der Waals surface area contributed by atoms with Crippen molar-refractivity contribution in [3.8, 4) is 0 Å². The summed E-state index contributed by atoms with van der Waals surface area (Å²) >= 11 is 0. The summed E-state index contributed by atoms with van der Waals surface area (Å²) in [6.45, 7) is 1.48. The molecule has 1 fully saturated rings. The van der Waals surface area contributed by atoms with Crippen LogP contribution in [-0.4, -0.2) is 44.4 Å². The van der Waals surface area contributed by atoms with Gasteiger partial charge in [0.1, 0.15) is 5.54 Å². The van der Waals surface area contributed by atoms with Crippen molar-refractivity contribution in [2.24, 2.45) is 0 Å². The van der Waals surface area contributed by atoms with E-state index in [-0.39, 0.29) is 31.1 Å². The molecule has 0 radical (unpaired) electrons. The maximum Gasteiger partial charge on any atom is 0.329 e. The third-order valence-corrected chi connectivity index (χ3v) is 5.56.